The Kier molecular flexibility index (Phi) is 5.95. The lowest BCUT2D eigenvalue weighted by molar-refractivity contribution is 0.0934. The van der Waals surface area contributed by atoms with Gasteiger partial charge in [0.2, 0.25) is 0 Å². The molecule has 164 valence electrons. The third-order valence-electron chi connectivity index (χ3n) is 5.52. The summed E-state index contributed by atoms with van der Waals surface area (Å²) in [7, 11) is 0. The zero-order valence-corrected chi connectivity index (χ0v) is 19.0. The van der Waals surface area contributed by atoms with Crippen molar-refractivity contribution in [3.05, 3.63) is 95.8 Å². The number of hydrogen-bond donors (Lipinski definition) is 1. The van der Waals surface area contributed by atoms with Gasteiger partial charge in [-0.15, -0.1) is 11.3 Å². The number of carbonyl (C=O) groups is 1. The Morgan fingerprint density at radius 2 is 1.85 bits per heavy atom. The van der Waals surface area contributed by atoms with Gasteiger partial charge in [-0.3, -0.25) is 4.79 Å². The molecule has 0 saturated carbocycles. The molecule has 0 bridgehead atoms. The summed E-state index contributed by atoms with van der Waals surface area (Å²) in [5.41, 5.74) is 3.17. The molecule has 1 aromatic carbocycles. The Morgan fingerprint density at radius 1 is 1.00 bits per heavy atom. The number of pyridine rings is 2. The minimum absolute atomic E-state index is 0.00499. The molecule has 6 nitrogen and oxygen atoms in total. The van der Waals surface area contributed by atoms with Gasteiger partial charge in [-0.1, -0.05) is 42.5 Å². The van der Waals surface area contributed by atoms with E-state index in [-0.39, 0.29) is 11.9 Å². The van der Waals surface area contributed by atoms with Crippen molar-refractivity contribution in [1.82, 2.24) is 25.1 Å². The summed E-state index contributed by atoms with van der Waals surface area (Å²) in [5.74, 6) is 0.413. The molecule has 7 heteroatoms. The van der Waals surface area contributed by atoms with E-state index in [4.69, 9.17) is 0 Å². The minimum Gasteiger partial charge on any atom is -0.348 e. The monoisotopic (exact) mass is 453 g/mol. The van der Waals surface area contributed by atoms with Crippen LogP contribution in [-0.2, 0) is 6.42 Å². The quantitative estimate of drug-likeness (QED) is 0.363. The van der Waals surface area contributed by atoms with Crippen LogP contribution in [0.25, 0.3) is 27.3 Å². The van der Waals surface area contributed by atoms with E-state index in [1.54, 1.807) is 28.4 Å². The molecular formula is C26H23N5OS. The van der Waals surface area contributed by atoms with E-state index in [1.807, 2.05) is 66.9 Å². The number of nitrogens with zero attached hydrogens (tertiary/aromatic N) is 4. The van der Waals surface area contributed by atoms with Gasteiger partial charge in [0, 0.05) is 28.9 Å². The number of rotatable bonds is 7. The number of aryl methyl sites for hydroxylation is 1. The number of nitrogens with one attached hydrogen (secondary N) is 1. The van der Waals surface area contributed by atoms with E-state index in [2.05, 4.69) is 32.5 Å². The van der Waals surface area contributed by atoms with E-state index in [9.17, 15) is 4.79 Å². The standard InChI is InChI=1S/C26H23N5OS/c1-18(12-13-19-8-3-2-4-9-19)29-26(32)24-23-20(21-10-7-17-33-21)14-16-28-25(23)31(30-24)22-11-5-6-15-27-22/h2-11,14-18H,12-13H2,1H3,(H,29,32)/t18-/m0/s1. The highest BCUT2D eigenvalue weighted by atomic mass is 32.1. The molecule has 4 heterocycles. The fraction of sp³-hybridized carbons (Fsp3) is 0.154. The highest BCUT2D eigenvalue weighted by molar-refractivity contribution is 7.13. The van der Waals surface area contributed by atoms with Crippen molar-refractivity contribution in [1.29, 1.82) is 0 Å². The maximum Gasteiger partial charge on any atom is 0.272 e. The Morgan fingerprint density at radius 3 is 2.61 bits per heavy atom. The molecular weight excluding hydrogens is 430 g/mol. The van der Waals surface area contributed by atoms with E-state index >= 15 is 0 Å². The van der Waals surface area contributed by atoms with Crippen LogP contribution in [0, 0.1) is 0 Å². The maximum absolute atomic E-state index is 13.4. The fourth-order valence-corrected chi connectivity index (χ4v) is 4.63. The van der Waals surface area contributed by atoms with Crippen LogP contribution in [0.5, 0.6) is 0 Å². The minimum atomic E-state index is -0.207. The largest absolute Gasteiger partial charge is 0.348 e. The average Bonchev–Trinajstić information content (AvgIpc) is 3.52. The second-order valence-corrected chi connectivity index (χ2v) is 8.83. The molecule has 0 spiro atoms. The number of amides is 1. The number of aromatic nitrogens is 4. The number of benzene rings is 1. The third kappa shape index (κ3) is 4.40. The van der Waals surface area contributed by atoms with Crippen LogP contribution < -0.4 is 5.32 Å². The van der Waals surface area contributed by atoms with Crippen LogP contribution >= 0.6 is 11.3 Å². The summed E-state index contributed by atoms with van der Waals surface area (Å²) >= 11 is 1.62. The molecule has 5 rings (SSSR count). The first-order valence-electron chi connectivity index (χ1n) is 10.9. The summed E-state index contributed by atoms with van der Waals surface area (Å²) in [6.07, 6.45) is 5.19. The van der Waals surface area contributed by atoms with Crippen molar-refractivity contribution >= 4 is 28.3 Å². The highest BCUT2D eigenvalue weighted by Crippen LogP contribution is 2.33. The Labute approximate surface area is 196 Å². The Balaban J connectivity index is 1.50. The lowest BCUT2D eigenvalue weighted by Crippen LogP contribution is -2.33. The summed E-state index contributed by atoms with van der Waals surface area (Å²) in [6, 6.07) is 21.9. The van der Waals surface area contributed by atoms with Gasteiger partial charge >= 0.3 is 0 Å². The van der Waals surface area contributed by atoms with Gasteiger partial charge in [0.15, 0.2) is 17.2 Å². The maximum atomic E-state index is 13.4. The second kappa shape index (κ2) is 9.34. The van der Waals surface area contributed by atoms with Gasteiger partial charge in [0.1, 0.15) is 0 Å². The number of fused-ring (bicyclic) bond motifs is 1. The zero-order chi connectivity index (χ0) is 22.6. The molecule has 0 unspecified atom stereocenters. The topological polar surface area (TPSA) is 72.7 Å². The summed E-state index contributed by atoms with van der Waals surface area (Å²) in [5, 5.41) is 10.6. The van der Waals surface area contributed by atoms with Crippen LogP contribution in [0.15, 0.2) is 84.5 Å². The molecule has 0 aliphatic carbocycles. The lowest BCUT2D eigenvalue weighted by Gasteiger charge is -2.13. The van der Waals surface area contributed by atoms with E-state index < -0.39 is 0 Å². The van der Waals surface area contributed by atoms with Crippen LogP contribution in [0.1, 0.15) is 29.4 Å². The zero-order valence-electron chi connectivity index (χ0n) is 18.2. The van der Waals surface area contributed by atoms with Crippen LogP contribution in [0.4, 0.5) is 0 Å². The van der Waals surface area contributed by atoms with E-state index in [1.165, 1.54) is 5.56 Å². The molecule has 4 aromatic heterocycles. The first-order chi connectivity index (χ1) is 16.2. The Bertz CT molecular complexity index is 1360. The molecule has 1 atom stereocenters. The van der Waals surface area contributed by atoms with E-state index in [0.29, 0.717) is 17.2 Å². The van der Waals surface area contributed by atoms with Gasteiger partial charge in [-0.25, -0.2) is 9.97 Å². The smallest absolute Gasteiger partial charge is 0.272 e. The van der Waals surface area contributed by atoms with Gasteiger partial charge in [0.25, 0.3) is 5.91 Å². The molecule has 5 aromatic rings. The number of hydrogen-bond acceptors (Lipinski definition) is 5. The van der Waals surface area contributed by atoms with Gasteiger partial charge in [0.05, 0.1) is 5.39 Å². The average molecular weight is 454 g/mol. The molecule has 1 N–H and O–H groups in total. The Hall–Kier alpha value is -3.84. The van der Waals surface area contributed by atoms with Crippen molar-refractivity contribution in [2.75, 3.05) is 0 Å². The fourth-order valence-electron chi connectivity index (χ4n) is 3.87. The van der Waals surface area contributed by atoms with Crippen LogP contribution in [0.2, 0.25) is 0 Å². The summed E-state index contributed by atoms with van der Waals surface area (Å²) in [6.45, 7) is 2.03. The van der Waals surface area contributed by atoms with Gasteiger partial charge < -0.3 is 5.32 Å². The highest BCUT2D eigenvalue weighted by Gasteiger charge is 2.24. The summed E-state index contributed by atoms with van der Waals surface area (Å²) < 4.78 is 1.65. The molecule has 0 aliphatic rings. The van der Waals surface area contributed by atoms with Crippen LogP contribution in [-0.4, -0.2) is 31.7 Å². The van der Waals surface area contributed by atoms with Crippen molar-refractivity contribution in [2.45, 2.75) is 25.8 Å². The van der Waals surface area contributed by atoms with E-state index in [0.717, 1.165) is 28.7 Å². The summed E-state index contributed by atoms with van der Waals surface area (Å²) in [4.78, 5) is 23.5. The normalized spacial score (nSPS) is 12.0. The molecule has 0 radical (unpaired) electrons. The number of carbonyl (C=O) groups excluding carboxylic acids is 1. The number of thiophene rings is 1. The molecule has 0 aliphatic heterocycles. The molecule has 1 amide bonds. The molecule has 0 saturated heterocycles. The first-order valence-corrected chi connectivity index (χ1v) is 11.8. The van der Waals surface area contributed by atoms with Crippen molar-refractivity contribution in [3.63, 3.8) is 0 Å². The van der Waals surface area contributed by atoms with Crippen molar-refractivity contribution in [3.8, 4) is 16.3 Å². The van der Waals surface area contributed by atoms with Crippen LogP contribution in [0.3, 0.4) is 0 Å². The molecule has 0 fully saturated rings. The third-order valence-corrected chi connectivity index (χ3v) is 6.43. The lowest BCUT2D eigenvalue weighted by atomic mass is 10.1. The van der Waals surface area contributed by atoms with Crippen molar-refractivity contribution in [2.24, 2.45) is 0 Å². The van der Waals surface area contributed by atoms with Gasteiger partial charge in [-0.05, 0) is 55.0 Å². The van der Waals surface area contributed by atoms with Gasteiger partial charge in [-0.2, -0.15) is 9.78 Å². The first kappa shape index (κ1) is 21.0. The van der Waals surface area contributed by atoms with Crippen molar-refractivity contribution < 1.29 is 4.79 Å². The molecule has 33 heavy (non-hydrogen) atoms. The second-order valence-electron chi connectivity index (χ2n) is 7.88. The predicted octanol–water partition coefficient (Wildman–Crippen LogP) is 5.30. The predicted molar refractivity (Wildman–Crippen MR) is 132 cm³/mol. The SMILES string of the molecule is C[C@@H](CCc1ccccc1)NC(=O)c1nn(-c2ccccn2)c2nccc(-c3cccs3)c12.